The van der Waals surface area contributed by atoms with Crippen LogP contribution in [0.1, 0.15) is 23.5 Å². The molecule has 0 fully saturated rings. The standard InChI is InChI=1S/C10H16N2O4S2.ClH/c1-10(2,11)6-12-18(14,15)7-4-5-17-8(7)9(13)16-3;/h4-5,12H,6,11H2,1-3H3;1H. The van der Waals surface area contributed by atoms with Crippen LogP contribution in [0.3, 0.4) is 0 Å². The average molecular weight is 329 g/mol. The van der Waals surface area contributed by atoms with Crippen molar-refractivity contribution in [1.29, 1.82) is 0 Å². The molecular formula is C10H17ClN2O4S2. The lowest BCUT2D eigenvalue weighted by Gasteiger charge is -2.18. The lowest BCUT2D eigenvalue weighted by molar-refractivity contribution is 0.0602. The minimum atomic E-state index is -3.76. The van der Waals surface area contributed by atoms with E-state index < -0.39 is 21.5 Å². The van der Waals surface area contributed by atoms with Gasteiger partial charge in [-0.3, -0.25) is 0 Å². The zero-order valence-corrected chi connectivity index (χ0v) is 13.2. The van der Waals surface area contributed by atoms with Crippen LogP contribution in [-0.4, -0.2) is 33.6 Å². The van der Waals surface area contributed by atoms with Gasteiger partial charge in [0.1, 0.15) is 9.77 Å². The molecule has 9 heteroatoms. The van der Waals surface area contributed by atoms with Crippen molar-refractivity contribution >= 4 is 39.7 Å². The van der Waals surface area contributed by atoms with Gasteiger partial charge in [-0.1, -0.05) is 0 Å². The summed E-state index contributed by atoms with van der Waals surface area (Å²) in [4.78, 5) is 11.4. The number of hydrogen-bond donors (Lipinski definition) is 2. The summed E-state index contributed by atoms with van der Waals surface area (Å²) in [5, 5.41) is 1.52. The van der Waals surface area contributed by atoms with Crippen LogP contribution >= 0.6 is 23.7 Å². The molecule has 1 rings (SSSR count). The average Bonchev–Trinajstić information content (AvgIpc) is 2.74. The molecule has 0 radical (unpaired) electrons. The van der Waals surface area contributed by atoms with Gasteiger partial charge < -0.3 is 10.5 Å². The van der Waals surface area contributed by atoms with E-state index in [9.17, 15) is 13.2 Å². The number of sulfonamides is 1. The fraction of sp³-hybridized carbons (Fsp3) is 0.500. The summed E-state index contributed by atoms with van der Waals surface area (Å²) >= 11 is 1.02. The number of carbonyl (C=O) groups is 1. The molecule has 0 aliphatic carbocycles. The summed E-state index contributed by atoms with van der Waals surface area (Å²) in [6.45, 7) is 3.47. The second-order valence-corrected chi connectivity index (χ2v) is 7.07. The highest BCUT2D eigenvalue weighted by Crippen LogP contribution is 2.22. The highest BCUT2D eigenvalue weighted by molar-refractivity contribution is 7.89. The van der Waals surface area contributed by atoms with Crippen LogP contribution in [0, 0.1) is 0 Å². The maximum Gasteiger partial charge on any atom is 0.349 e. The van der Waals surface area contributed by atoms with Crippen molar-refractivity contribution in [3.63, 3.8) is 0 Å². The number of nitrogens with two attached hydrogens (primary N) is 1. The number of methoxy groups -OCH3 is 1. The lowest BCUT2D eigenvalue weighted by Crippen LogP contribution is -2.45. The van der Waals surface area contributed by atoms with E-state index in [0.29, 0.717) is 0 Å². The van der Waals surface area contributed by atoms with Gasteiger partial charge >= 0.3 is 5.97 Å². The van der Waals surface area contributed by atoms with E-state index in [1.54, 1.807) is 13.8 Å². The first kappa shape index (κ1) is 18.3. The second kappa shape index (κ2) is 6.67. The van der Waals surface area contributed by atoms with Crippen LogP contribution in [0.15, 0.2) is 16.3 Å². The number of thiophene rings is 1. The molecule has 6 nitrogen and oxygen atoms in total. The largest absolute Gasteiger partial charge is 0.465 e. The van der Waals surface area contributed by atoms with E-state index in [0.717, 1.165) is 11.3 Å². The minimum absolute atomic E-state index is 0. The number of rotatable bonds is 5. The minimum Gasteiger partial charge on any atom is -0.465 e. The van der Waals surface area contributed by atoms with Crippen molar-refractivity contribution in [2.24, 2.45) is 5.73 Å². The molecule has 1 heterocycles. The van der Waals surface area contributed by atoms with Crippen LogP contribution in [-0.2, 0) is 14.8 Å². The number of esters is 1. The molecule has 0 spiro atoms. The number of halogens is 1. The molecule has 110 valence electrons. The smallest absolute Gasteiger partial charge is 0.349 e. The third-order valence-corrected chi connectivity index (χ3v) is 4.47. The summed E-state index contributed by atoms with van der Waals surface area (Å²) in [6, 6.07) is 1.36. The zero-order chi connectivity index (χ0) is 14.0. The Labute approximate surface area is 122 Å². The first-order chi connectivity index (χ1) is 8.17. The molecule has 0 unspecified atom stereocenters. The molecule has 0 saturated heterocycles. The van der Waals surface area contributed by atoms with E-state index >= 15 is 0 Å². The zero-order valence-electron chi connectivity index (χ0n) is 10.8. The normalized spacial score (nSPS) is 11.8. The van der Waals surface area contributed by atoms with Crippen molar-refractivity contribution in [2.75, 3.05) is 13.7 Å². The predicted molar refractivity (Wildman–Crippen MR) is 76.4 cm³/mol. The van der Waals surface area contributed by atoms with Crippen molar-refractivity contribution in [3.8, 4) is 0 Å². The van der Waals surface area contributed by atoms with E-state index in [2.05, 4.69) is 9.46 Å². The first-order valence-electron chi connectivity index (χ1n) is 5.12. The Bertz CT molecular complexity index is 534. The van der Waals surface area contributed by atoms with E-state index in [-0.39, 0.29) is 28.7 Å². The van der Waals surface area contributed by atoms with Gasteiger partial charge in [-0.05, 0) is 25.3 Å². The summed E-state index contributed by atoms with van der Waals surface area (Å²) in [6.07, 6.45) is 0. The van der Waals surface area contributed by atoms with Gasteiger partial charge in [0.15, 0.2) is 0 Å². The van der Waals surface area contributed by atoms with Gasteiger partial charge in [-0.2, -0.15) is 0 Å². The molecule has 1 aromatic rings. The highest BCUT2D eigenvalue weighted by atomic mass is 35.5. The quantitative estimate of drug-likeness (QED) is 0.785. The summed E-state index contributed by atoms with van der Waals surface area (Å²) < 4.78 is 30.9. The second-order valence-electron chi connectivity index (χ2n) is 4.42. The summed E-state index contributed by atoms with van der Waals surface area (Å²) in [7, 11) is -2.55. The predicted octanol–water partition coefficient (Wildman–Crippen LogP) is 0.972. The third kappa shape index (κ3) is 5.07. The van der Waals surface area contributed by atoms with Crippen molar-refractivity contribution < 1.29 is 17.9 Å². The molecular weight excluding hydrogens is 312 g/mol. The molecule has 19 heavy (non-hydrogen) atoms. The molecule has 0 bridgehead atoms. The maximum atomic E-state index is 12.0. The Kier molecular flexibility index (Phi) is 6.43. The van der Waals surface area contributed by atoms with Gasteiger partial charge in [-0.15, -0.1) is 23.7 Å². The molecule has 0 aromatic carbocycles. The highest BCUT2D eigenvalue weighted by Gasteiger charge is 2.25. The molecule has 0 aliphatic rings. The Morgan fingerprint density at radius 3 is 2.58 bits per heavy atom. The van der Waals surface area contributed by atoms with Crippen molar-refractivity contribution in [1.82, 2.24) is 4.72 Å². The van der Waals surface area contributed by atoms with Gasteiger partial charge in [0.2, 0.25) is 10.0 Å². The molecule has 0 saturated carbocycles. The van der Waals surface area contributed by atoms with Crippen LogP contribution in [0.25, 0.3) is 0 Å². The number of carbonyl (C=O) groups excluding carboxylic acids is 1. The Balaban J connectivity index is 0.00000324. The van der Waals surface area contributed by atoms with Crippen molar-refractivity contribution in [2.45, 2.75) is 24.3 Å². The number of ether oxygens (including phenoxy) is 1. The molecule has 1 aromatic heterocycles. The first-order valence-corrected chi connectivity index (χ1v) is 7.48. The SMILES string of the molecule is COC(=O)c1sccc1S(=O)(=O)NCC(C)(C)N.Cl. The van der Waals surface area contributed by atoms with Crippen LogP contribution < -0.4 is 10.5 Å². The fourth-order valence-electron chi connectivity index (χ4n) is 1.11. The molecule has 0 amide bonds. The van der Waals surface area contributed by atoms with Crippen LogP contribution in [0.4, 0.5) is 0 Å². The van der Waals surface area contributed by atoms with E-state index in [1.807, 2.05) is 0 Å². The fourth-order valence-corrected chi connectivity index (χ4v) is 3.67. The molecule has 3 N–H and O–H groups in total. The Hall–Kier alpha value is -0.670. The van der Waals surface area contributed by atoms with E-state index in [4.69, 9.17) is 5.73 Å². The molecule has 0 atom stereocenters. The van der Waals surface area contributed by atoms with Crippen LogP contribution in [0.5, 0.6) is 0 Å². The summed E-state index contributed by atoms with van der Waals surface area (Å²) in [5.41, 5.74) is 5.03. The topological polar surface area (TPSA) is 98.5 Å². The lowest BCUT2D eigenvalue weighted by atomic mass is 10.1. The Morgan fingerprint density at radius 1 is 1.53 bits per heavy atom. The van der Waals surface area contributed by atoms with Gasteiger partial charge in [0.25, 0.3) is 0 Å². The van der Waals surface area contributed by atoms with Gasteiger partial charge in [-0.25, -0.2) is 17.9 Å². The van der Waals surface area contributed by atoms with Gasteiger partial charge in [0.05, 0.1) is 7.11 Å². The van der Waals surface area contributed by atoms with Crippen molar-refractivity contribution in [3.05, 3.63) is 16.3 Å². The third-order valence-electron chi connectivity index (χ3n) is 2.01. The summed E-state index contributed by atoms with van der Waals surface area (Å²) in [5.74, 6) is -0.669. The van der Waals surface area contributed by atoms with Gasteiger partial charge in [0, 0.05) is 12.1 Å². The monoisotopic (exact) mass is 328 g/mol. The number of nitrogens with one attached hydrogen (secondary N) is 1. The Morgan fingerprint density at radius 2 is 2.11 bits per heavy atom. The van der Waals surface area contributed by atoms with Crippen LogP contribution in [0.2, 0.25) is 0 Å². The maximum absolute atomic E-state index is 12.0. The number of hydrogen-bond acceptors (Lipinski definition) is 6. The van der Waals surface area contributed by atoms with E-state index in [1.165, 1.54) is 18.6 Å². The molecule has 0 aliphatic heterocycles.